The highest BCUT2D eigenvalue weighted by Gasteiger charge is 2.26. The fourth-order valence-corrected chi connectivity index (χ4v) is 7.39. The van der Waals surface area contributed by atoms with E-state index in [2.05, 4.69) is 61.1 Å². The van der Waals surface area contributed by atoms with E-state index in [1.54, 1.807) is 46.7 Å². The van der Waals surface area contributed by atoms with E-state index >= 15 is 0 Å². The van der Waals surface area contributed by atoms with Gasteiger partial charge in [0.1, 0.15) is 11.3 Å². The molecule has 0 radical (unpaired) electrons. The number of urea groups is 2. The Morgan fingerprint density at radius 2 is 1.20 bits per heavy atom. The summed E-state index contributed by atoms with van der Waals surface area (Å²) in [7, 11) is 0. The molecule has 2 aliphatic heterocycles. The maximum absolute atomic E-state index is 14.4. The second kappa shape index (κ2) is 18.8. The van der Waals surface area contributed by atoms with Gasteiger partial charge in [-0.1, -0.05) is 30.1 Å². The Morgan fingerprint density at radius 1 is 0.729 bits per heavy atom. The molecule has 0 aromatic carbocycles. The smallest absolute Gasteiger partial charge is 0.317 e. The molecule has 20 heteroatoms. The predicted octanol–water partition coefficient (Wildman–Crippen LogP) is 7.23. The average molecular weight is 850 g/mol. The SMILES string of the molecule is CCCNC(=O)N1CCCC(Nc2nc(-c3c[nH]c4ncc(Cl)cc34)ncc2F)C1.CCNC(=O)N1CCC[C@H](Nc2nc(-c3c[nH]c4ncc(Cl)cc34)ncc2F)C1. The lowest BCUT2D eigenvalue weighted by Crippen LogP contribution is -2.49. The van der Waals surface area contributed by atoms with E-state index in [0.29, 0.717) is 83.4 Å². The van der Waals surface area contributed by atoms with Gasteiger partial charge in [0.2, 0.25) is 0 Å². The van der Waals surface area contributed by atoms with Crippen LogP contribution in [0.4, 0.5) is 30.0 Å². The fourth-order valence-electron chi connectivity index (χ4n) is 7.07. The number of H-pyrrole nitrogens is 2. The first-order chi connectivity index (χ1) is 28.6. The molecule has 6 N–H and O–H groups in total. The molecule has 6 aromatic heterocycles. The van der Waals surface area contributed by atoms with Crippen LogP contribution < -0.4 is 21.3 Å². The van der Waals surface area contributed by atoms with Crippen molar-refractivity contribution in [1.82, 2.24) is 60.3 Å². The molecule has 0 saturated carbocycles. The van der Waals surface area contributed by atoms with Gasteiger partial charge in [-0.3, -0.25) is 0 Å². The van der Waals surface area contributed by atoms with E-state index in [9.17, 15) is 18.4 Å². The Kier molecular flexibility index (Phi) is 13.2. The summed E-state index contributed by atoms with van der Waals surface area (Å²) in [6.07, 6.45) is 13.0. The molecular formula is C39H44Cl2F2N14O2. The molecule has 2 saturated heterocycles. The van der Waals surface area contributed by atoms with E-state index in [-0.39, 0.29) is 35.8 Å². The molecule has 1 unspecified atom stereocenters. The first-order valence-electron chi connectivity index (χ1n) is 19.5. The minimum absolute atomic E-state index is 0.0876. The number of pyridine rings is 2. The number of nitrogens with one attached hydrogen (secondary N) is 6. The number of hydrogen-bond donors (Lipinski definition) is 6. The van der Waals surface area contributed by atoms with E-state index in [4.69, 9.17) is 23.2 Å². The Balaban J connectivity index is 0.000000179. The van der Waals surface area contributed by atoms with Gasteiger partial charge >= 0.3 is 12.1 Å². The number of carbonyl (C=O) groups excluding carboxylic acids is 2. The van der Waals surface area contributed by atoms with Gasteiger partial charge in [0, 0.05) is 98.0 Å². The molecule has 8 heterocycles. The normalized spacial score (nSPS) is 16.7. The van der Waals surface area contributed by atoms with E-state index < -0.39 is 11.6 Å². The van der Waals surface area contributed by atoms with Crippen LogP contribution in [0.1, 0.15) is 46.0 Å². The summed E-state index contributed by atoms with van der Waals surface area (Å²) in [5.41, 5.74) is 2.67. The molecule has 59 heavy (non-hydrogen) atoms. The van der Waals surface area contributed by atoms with Gasteiger partial charge in [-0.2, -0.15) is 0 Å². The van der Waals surface area contributed by atoms with Crippen molar-refractivity contribution in [3.05, 3.63) is 71.0 Å². The van der Waals surface area contributed by atoms with E-state index in [1.807, 2.05) is 13.8 Å². The summed E-state index contributed by atoms with van der Waals surface area (Å²) in [6.45, 7) is 7.44. The minimum atomic E-state index is -0.542. The molecule has 0 spiro atoms. The third kappa shape index (κ3) is 9.88. The zero-order valence-electron chi connectivity index (χ0n) is 32.5. The molecule has 6 aromatic rings. The third-order valence-corrected chi connectivity index (χ3v) is 10.3. The number of piperidine rings is 2. The number of fused-ring (bicyclic) bond motifs is 2. The minimum Gasteiger partial charge on any atom is -0.363 e. The van der Waals surface area contributed by atoms with Crippen LogP contribution in [0.15, 0.2) is 49.3 Å². The van der Waals surface area contributed by atoms with Gasteiger partial charge in [0.15, 0.2) is 34.9 Å². The molecule has 4 amide bonds. The van der Waals surface area contributed by atoms with Gasteiger partial charge in [-0.25, -0.2) is 48.3 Å². The maximum Gasteiger partial charge on any atom is 0.317 e. The number of rotatable bonds is 9. The number of carbonyl (C=O) groups is 2. The zero-order valence-corrected chi connectivity index (χ0v) is 34.0. The van der Waals surface area contributed by atoms with Gasteiger partial charge in [-0.15, -0.1) is 0 Å². The Hall–Kier alpha value is -5.88. The Bertz CT molecular complexity index is 2430. The molecule has 2 aliphatic rings. The van der Waals surface area contributed by atoms with E-state index in [1.165, 1.54) is 0 Å². The number of likely N-dealkylation sites (tertiary alicyclic amines) is 2. The standard InChI is InChI=1S/C20H23ClFN7O.C19H21ClFN7O/c1-2-5-23-20(30)29-6-3-4-13(11-29)27-19-16(22)10-26-18(28-19)15-9-25-17-14(15)7-12(21)8-24-17;1-2-22-19(29)28-5-3-4-12(10-28)26-18-15(21)9-25-17(27-18)14-8-24-16-13(14)6-11(20)7-23-16/h7-10,13H,2-6,11H2,1H3,(H,23,30)(H,24,25)(H,26,27,28);6-9,12H,2-5,10H2,1H3,(H,22,29)(H,23,24)(H,25,26,27)/t;12-/m.0/s1. The summed E-state index contributed by atoms with van der Waals surface area (Å²) >= 11 is 12.1. The zero-order chi connectivity index (χ0) is 41.5. The van der Waals surface area contributed by atoms with Crippen LogP contribution in [-0.4, -0.2) is 113 Å². The second-order valence-corrected chi connectivity index (χ2v) is 15.1. The van der Waals surface area contributed by atoms with Gasteiger partial charge in [0.25, 0.3) is 0 Å². The molecule has 310 valence electrons. The molecule has 2 fully saturated rings. The number of aromatic amines is 2. The highest BCUT2D eigenvalue weighted by molar-refractivity contribution is 6.31. The van der Waals surface area contributed by atoms with Crippen LogP contribution in [0, 0.1) is 11.6 Å². The van der Waals surface area contributed by atoms with Crippen molar-refractivity contribution in [3.8, 4) is 22.8 Å². The summed E-state index contributed by atoms with van der Waals surface area (Å²) in [5.74, 6) is -0.127. The topological polar surface area (TPSA) is 198 Å². The summed E-state index contributed by atoms with van der Waals surface area (Å²) in [5, 5.41) is 14.5. The van der Waals surface area contributed by atoms with Crippen molar-refractivity contribution in [1.29, 1.82) is 0 Å². The molecule has 0 aliphatic carbocycles. The Morgan fingerprint density at radius 3 is 1.66 bits per heavy atom. The van der Waals surface area contributed by atoms with Crippen molar-refractivity contribution < 1.29 is 18.4 Å². The van der Waals surface area contributed by atoms with Crippen LogP contribution in [0.25, 0.3) is 44.8 Å². The predicted molar refractivity (Wildman–Crippen MR) is 223 cm³/mol. The highest BCUT2D eigenvalue weighted by atomic mass is 35.5. The van der Waals surface area contributed by atoms with Crippen LogP contribution in [0.2, 0.25) is 10.0 Å². The molecule has 8 rings (SSSR count). The largest absolute Gasteiger partial charge is 0.363 e. The number of amides is 4. The number of aromatic nitrogens is 8. The maximum atomic E-state index is 14.4. The van der Waals surface area contributed by atoms with Gasteiger partial charge < -0.3 is 41.0 Å². The molecule has 16 nitrogen and oxygen atoms in total. The number of nitrogens with zero attached hydrogens (tertiary/aromatic N) is 8. The Labute approximate surface area is 348 Å². The fraction of sp³-hybridized carbons (Fsp3) is 0.385. The molecule has 2 atom stereocenters. The lowest BCUT2D eigenvalue weighted by atomic mass is 10.1. The average Bonchev–Trinajstić information content (AvgIpc) is 3.86. The van der Waals surface area contributed by atoms with Crippen molar-refractivity contribution in [2.75, 3.05) is 49.9 Å². The lowest BCUT2D eigenvalue weighted by molar-refractivity contribution is 0.182. The van der Waals surface area contributed by atoms with Crippen LogP contribution in [-0.2, 0) is 0 Å². The van der Waals surface area contributed by atoms with Gasteiger partial charge in [-0.05, 0) is 51.2 Å². The van der Waals surface area contributed by atoms with Crippen molar-refractivity contribution in [2.45, 2.75) is 58.0 Å². The van der Waals surface area contributed by atoms with Crippen LogP contribution in [0.3, 0.4) is 0 Å². The number of anilines is 2. The monoisotopic (exact) mass is 848 g/mol. The highest BCUT2D eigenvalue weighted by Crippen LogP contribution is 2.30. The quantitative estimate of drug-likeness (QED) is 0.0864. The first-order valence-corrected chi connectivity index (χ1v) is 20.2. The van der Waals surface area contributed by atoms with Crippen LogP contribution in [0.5, 0.6) is 0 Å². The molecule has 0 bridgehead atoms. The first kappa shape index (κ1) is 41.3. The van der Waals surface area contributed by atoms with Crippen molar-refractivity contribution in [3.63, 3.8) is 0 Å². The second-order valence-electron chi connectivity index (χ2n) is 14.2. The summed E-state index contributed by atoms with van der Waals surface area (Å²) in [4.78, 5) is 59.4. The lowest BCUT2D eigenvalue weighted by Gasteiger charge is -2.33. The third-order valence-electron chi connectivity index (χ3n) is 9.92. The van der Waals surface area contributed by atoms with Crippen molar-refractivity contribution >= 4 is 69.0 Å². The molecular weight excluding hydrogens is 805 g/mol. The van der Waals surface area contributed by atoms with Crippen molar-refractivity contribution in [2.24, 2.45) is 0 Å². The number of hydrogen-bond acceptors (Lipinski definition) is 10. The number of halogens is 4. The summed E-state index contributed by atoms with van der Waals surface area (Å²) in [6, 6.07) is 3.15. The van der Waals surface area contributed by atoms with Gasteiger partial charge in [0.05, 0.1) is 22.4 Å². The van der Waals surface area contributed by atoms with Crippen LogP contribution >= 0.6 is 23.2 Å². The summed E-state index contributed by atoms with van der Waals surface area (Å²) < 4.78 is 28.8. The van der Waals surface area contributed by atoms with E-state index in [0.717, 1.165) is 55.3 Å².